The second-order valence-electron chi connectivity index (χ2n) is 8.55. The van der Waals surface area contributed by atoms with Gasteiger partial charge in [-0.15, -0.1) is 0 Å². The number of benzene rings is 1. The van der Waals surface area contributed by atoms with Gasteiger partial charge in [-0.25, -0.2) is 18.1 Å². The Balaban J connectivity index is 1.56. The number of hydrogen-bond acceptors (Lipinski definition) is 6. The summed E-state index contributed by atoms with van der Waals surface area (Å²) < 4.78 is 29.0. The monoisotopic (exact) mass is 462 g/mol. The van der Waals surface area contributed by atoms with Crippen LogP contribution in [-0.4, -0.2) is 38.4 Å². The minimum Gasteiger partial charge on any atom is -0.315 e. The van der Waals surface area contributed by atoms with Gasteiger partial charge in [0.05, 0.1) is 15.5 Å². The van der Waals surface area contributed by atoms with Crippen LogP contribution in [-0.2, 0) is 14.8 Å². The van der Waals surface area contributed by atoms with Crippen molar-refractivity contribution < 1.29 is 13.2 Å². The summed E-state index contributed by atoms with van der Waals surface area (Å²) in [6, 6.07) is 5.37. The molecular formula is C22H30N4O3S2. The Morgan fingerprint density at radius 1 is 1.16 bits per heavy atom. The number of carbonyl (C=O) groups is 1. The SMILES string of the molecule is Cc1ccc(-c2sc(NC(=O)C3CCCC3)nc2C)cc1S(=O)(=O)NC1CCCNC1. The molecule has 1 saturated carbocycles. The molecule has 1 unspecified atom stereocenters. The van der Waals surface area contributed by atoms with E-state index in [0.29, 0.717) is 22.1 Å². The van der Waals surface area contributed by atoms with Gasteiger partial charge in [0.1, 0.15) is 0 Å². The summed E-state index contributed by atoms with van der Waals surface area (Å²) in [5.74, 6) is 0.111. The summed E-state index contributed by atoms with van der Waals surface area (Å²) in [5.41, 5.74) is 2.28. The van der Waals surface area contributed by atoms with Gasteiger partial charge in [0.2, 0.25) is 15.9 Å². The van der Waals surface area contributed by atoms with Gasteiger partial charge in [0.15, 0.2) is 5.13 Å². The highest BCUT2D eigenvalue weighted by Gasteiger charge is 2.26. The molecule has 1 amide bonds. The second kappa shape index (κ2) is 9.36. The smallest absolute Gasteiger partial charge is 0.241 e. The van der Waals surface area contributed by atoms with Crippen molar-refractivity contribution >= 4 is 32.4 Å². The van der Waals surface area contributed by atoms with Crippen LogP contribution >= 0.6 is 11.3 Å². The first-order chi connectivity index (χ1) is 14.8. The van der Waals surface area contributed by atoms with E-state index < -0.39 is 10.0 Å². The molecule has 0 radical (unpaired) electrons. The highest BCUT2D eigenvalue weighted by atomic mass is 32.2. The molecule has 2 fully saturated rings. The zero-order chi connectivity index (χ0) is 22.0. The molecule has 168 valence electrons. The van der Waals surface area contributed by atoms with E-state index >= 15 is 0 Å². The van der Waals surface area contributed by atoms with E-state index in [-0.39, 0.29) is 17.9 Å². The van der Waals surface area contributed by atoms with E-state index in [1.54, 1.807) is 6.07 Å². The Bertz CT molecular complexity index is 1050. The van der Waals surface area contributed by atoms with Crippen molar-refractivity contribution in [2.24, 2.45) is 5.92 Å². The maximum atomic E-state index is 13.1. The van der Waals surface area contributed by atoms with Crippen molar-refractivity contribution in [3.05, 3.63) is 29.5 Å². The van der Waals surface area contributed by atoms with Crippen LogP contribution in [0.25, 0.3) is 10.4 Å². The van der Waals surface area contributed by atoms with Crippen molar-refractivity contribution in [2.75, 3.05) is 18.4 Å². The zero-order valence-corrected chi connectivity index (χ0v) is 19.7. The van der Waals surface area contributed by atoms with E-state index in [0.717, 1.165) is 61.2 Å². The van der Waals surface area contributed by atoms with Crippen LogP contribution < -0.4 is 15.4 Å². The first kappa shape index (κ1) is 22.4. The van der Waals surface area contributed by atoms with Gasteiger partial charge in [0.25, 0.3) is 0 Å². The minimum absolute atomic E-state index is 0.0373. The number of nitrogens with one attached hydrogen (secondary N) is 3. The number of piperidine rings is 1. The molecular weight excluding hydrogens is 432 g/mol. The molecule has 3 N–H and O–H groups in total. The third kappa shape index (κ3) is 5.16. The fraction of sp³-hybridized carbons (Fsp3) is 0.545. The summed E-state index contributed by atoms with van der Waals surface area (Å²) in [6.07, 6.45) is 5.87. The van der Waals surface area contributed by atoms with E-state index in [1.807, 2.05) is 26.0 Å². The van der Waals surface area contributed by atoms with Crippen LogP contribution in [0.5, 0.6) is 0 Å². The number of anilines is 1. The number of sulfonamides is 1. The van der Waals surface area contributed by atoms with Crippen molar-refractivity contribution in [2.45, 2.75) is 63.3 Å². The van der Waals surface area contributed by atoms with Gasteiger partial charge in [-0.05, 0) is 63.3 Å². The average molecular weight is 463 g/mol. The standard InChI is InChI=1S/C22H30N4O3S2/c1-14-9-10-17(12-19(14)31(28,29)26-18-8-5-11-23-13-18)20-15(2)24-22(30-20)25-21(27)16-6-3-4-7-16/h9-10,12,16,18,23,26H,3-8,11,13H2,1-2H3,(H,24,25,27). The first-order valence-electron chi connectivity index (χ1n) is 11.0. The number of nitrogens with zero attached hydrogens (tertiary/aromatic N) is 1. The number of aryl methyl sites for hydroxylation is 2. The van der Waals surface area contributed by atoms with E-state index in [2.05, 4.69) is 20.3 Å². The molecule has 1 aliphatic heterocycles. The summed E-state index contributed by atoms with van der Waals surface area (Å²) in [6.45, 7) is 5.27. The molecule has 4 rings (SSSR count). The number of rotatable bonds is 6. The van der Waals surface area contributed by atoms with Crippen molar-refractivity contribution in [1.82, 2.24) is 15.0 Å². The Morgan fingerprint density at radius 3 is 2.65 bits per heavy atom. The lowest BCUT2D eigenvalue weighted by Gasteiger charge is -2.24. The first-order valence-corrected chi connectivity index (χ1v) is 13.3. The minimum atomic E-state index is -3.63. The van der Waals surface area contributed by atoms with Crippen molar-refractivity contribution in [3.63, 3.8) is 0 Å². The Hall–Kier alpha value is -1.81. The summed E-state index contributed by atoms with van der Waals surface area (Å²) in [4.78, 5) is 18.1. The number of hydrogen-bond donors (Lipinski definition) is 3. The third-order valence-electron chi connectivity index (χ3n) is 6.11. The Labute approximate surface area is 188 Å². The third-order valence-corrected chi connectivity index (χ3v) is 8.90. The van der Waals surface area contributed by atoms with Crippen molar-refractivity contribution in [3.8, 4) is 10.4 Å². The number of aromatic nitrogens is 1. The second-order valence-corrected chi connectivity index (χ2v) is 11.2. The van der Waals surface area contributed by atoms with Gasteiger partial charge in [-0.2, -0.15) is 0 Å². The number of thiazole rings is 1. The molecule has 1 aromatic carbocycles. The summed E-state index contributed by atoms with van der Waals surface area (Å²) >= 11 is 1.39. The molecule has 31 heavy (non-hydrogen) atoms. The van der Waals surface area contributed by atoms with Crippen LogP contribution in [0.15, 0.2) is 23.1 Å². The summed E-state index contributed by atoms with van der Waals surface area (Å²) in [7, 11) is -3.63. The molecule has 9 heteroatoms. The van der Waals surface area contributed by atoms with Gasteiger partial charge in [0, 0.05) is 18.5 Å². The van der Waals surface area contributed by atoms with Gasteiger partial charge >= 0.3 is 0 Å². The van der Waals surface area contributed by atoms with E-state index in [1.165, 1.54) is 11.3 Å². The van der Waals surface area contributed by atoms with Crippen LogP contribution in [0.2, 0.25) is 0 Å². The Kier molecular flexibility index (Phi) is 6.76. The molecule has 1 aliphatic carbocycles. The molecule has 1 saturated heterocycles. The largest absolute Gasteiger partial charge is 0.315 e. The molecule has 2 aliphatic rings. The molecule has 2 aromatic rings. The van der Waals surface area contributed by atoms with Crippen LogP contribution in [0, 0.1) is 19.8 Å². The van der Waals surface area contributed by atoms with Gasteiger partial charge in [-0.1, -0.05) is 36.3 Å². The highest BCUT2D eigenvalue weighted by molar-refractivity contribution is 7.89. The number of carbonyl (C=O) groups excluding carboxylic acids is 1. The quantitative estimate of drug-likeness (QED) is 0.609. The van der Waals surface area contributed by atoms with Gasteiger partial charge < -0.3 is 10.6 Å². The molecule has 0 bridgehead atoms. The molecule has 0 spiro atoms. The van der Waals surface area contributed by atoms with Crippen LogP contribution in [0.4, 0.5) is 5.13 Å². The fourth-order valence-electron chi connectivity index (χ4n) is 4.38. The maximum absolute atomic E-state index is 13.1. The lowest BCUT2D eigenvalue weighted by atomic mass is 10.1. The zero-order valence-electron chi connectivity index (χ0n) is 18.0. The predicted molar refractivity (Wildman–Crippen MR) is 124 cm³/mol. The highest BCUT2D eigenvalue weighted by Crippen LogP contribution is 2.35. The molecule has 2 heterocycles. The van der Waals surface area contributed by atoms with Gasteiger partial charge in [-0.3, -0.25) is 4.79 Å². The lowest BCUT2D eigenvalue weighted by molar-refractivity contribution is -0.119. The van der Waals surface area contributed by atoms with Crippen LogP contribution in [0.1, 0.15) is 49.8 Å². The lowest BCUT2D eigenvalue weighted by Crippen LogP contribution is -2.45. The summed E-state index contributed by atoms with van der Waals surface area (Å²) in [5, 5.41) is 6.76. The fourth-order valence-corrected chi connectivity index (χ4v) is 6.89. The molecule has 1 aromatic heterocycles. The average Bonchev–Trinajstić information content (AvgIpc) is 3.39. The number of amides is 1. The predicted octanol–water partition coefficient (Wildman–Crippen LogP) is 3.59. The topological polar surface area (TPSA) is 100 Å². The normalized spacial score (nSPS) is 20.1. The van der Waals surface area contributed by atoms with Crippen LogP contribution in [0.3, 0.4) is 0 Å². The Morgan fingerprint density at radius 2 is 1.94 bits per heavy atom. The van der Waals surface area contributed by atoms with E-state index in [9.17, 15) is 13.2 Å². The molecule has 7 nitrogen and oxygen atoms in total. The molecule has 1 atom stereocenters. The maximum Gasteiger partial charge on any atom is 0.241 e. The van der Waals surface area contributed by atoms with E-state index in [4.69, 9.17) is 0 Å². The van der Waals surface area contributed by atoms with Crippen molar-refractivity contribution in [1.29, 1.82) is 0 Å².